The SMILES string of the molecule is CC(C)(C)OC(=O)NC1(CC(=O)NCCc2c(-c3ccc(F)cc3)[nH]c3c(F)cc(F)cc23)CC1. The number of aromatic nitrogens is 1. The summed E-state index contributed by atoms with van der Waals surface area (Å²) in [6.45, 7) is 5.51. The lowest BCUT2D eigenvalue weighted by Gasteiger charge is -2.23. The highest BCUT2D eigenvalue weighted by Gasteiger charge is 2.46. The van der Waals surface area contributed by atoms with Gasteiger partial charge in [-0.25, -0.2) is 18.0 Å². The number of hydrogen-bond donors (Lipinski definition) is 3. The zero-order valence-electron chi connectivity index (χ0n) is 19.9. The van der Waals surface area contributed by atoms with Crippen molar-refractivity contribution in [3.05, 3.63) is 59.4 Å². The fourth-order valence-electron chi connectivity index (χ4n) is 4.11. The second-order valence-corrected chi connectivity index (χ2v) is 9.98. The van der Waals surface area contributed by atoms with Crippen LogP contribution in [-0.4, -0.2) is 34.7 Å². The highest BCUT2D eigenvalue weighted by molar-refractivity contribution is 5.91. The van der Waals surface area contributed by atoms with E-state index in [1.165, 1.54) is 18.2 Å². The van der Waals surface area contributed by atoms with Gasteiger partial charge in [0, 0.05) is 30.1 Å². The normalized spacial score (nSPS) is 14.6. The van der Waals surface area contributed by atoms with Gasteiger partial charge in [0.25, 0.3) is 0 Å². The molecule has 0 unspecified atom stereocenters. The average molecular weight is 488 g/mol. The molecule has 186 valence electrons. The summed E-state index contributed by atoms with van der Waals surface area (Å²) < 4.78 is 47.1. The standard InChI is InChI=1S/C26H28F3N3O3/c1-25(2,3)35-24(34)32-26(9-10-26)14-21(33)30-11-8-18-19-12-17(28)13-20(29)23(19)31-22(18)15-4-6-16(27)7-5-15/h4-7,12-13,31H,8-11,14H2,1-3H3,(H,30,33)(H,32,34). The molecule has 9 heteroatoms. The number of amides is 2. The predicted octanol–water partition coefficient (Wildman–Crippen LogP) is 5.36. The van der Waals surface area contributed by atoms with E-state index < -0.39 is 34.7 Å². The summed E-state index contributed by atoms with van der Waals surface area (Å²) in [5, 5.41) is 5.98. The van der Waals surface area contributed by atoms with Gasteiger partial charge in [0.15, 0.2) is 0 Å². The van der Waals surface area contributed by atoms with Crippen LogP contribution in [0.5, 0.6) is 0 Å². The molecule has 3 aromatic rings. The van der Waals surface area contributed by atoms with Gasteiger partial charge in [0.2, 0.25) is 5.91 Å². The molecule has 3 N–H and O–H groups in total. The first-order chi connectivity index (χ1) is 16.4. The second kappa shape index (κ2) is 9.28. The molecule has 0 radical (unpaired) electrons. The van der Waals surface area contributed by atoms with Crippen LogP contribution in [0.1, 0.15) is 45.6 Å². The van der Waals surface area contributed by atoms with E-state index in [4.69, 9.17) is 4.74 Å². The fraction of sp³-hybridized carbons (Fsp3) is 0.385. The van der Waals surface area contributed by atoms with Crippen molar-refractivity contribution in [3.8, 4) is 11.3 Å². The average Bonchev–Trinajstić information content (AvgIpc) is 3.38. The van der Waals surface area contributed by atoms with E-state index in [-0.39, 0.29) is 30.8 Å². The van der Waals surface area contributed by atoms with Crippen LogP contribution in [0.15, 0.2) is 36.4 Å². The first-order valence-corrected chi connectivity index (χ1v) is 11.5. The fourth-order valence-corrected chi connectivity index (χ4v) is 4.11. The summed E-state index contributed by atoms with van der Waals surface area (Å²) in [6, 6.07) is 7.71. The molecule has 0 aliphatic heterocycles. The molecule has 1 fully saturated rings. The van der Waals surface area contributed by atoms with Crippen molar-refractivity contribution >= 4 is 22.9 Å². The Morgan fingerprint density at radius 3 is 2.37 bits per heavy atom. The van der Waals surface area contributed by atoms with Crippen LogP contribution >= 0.6 is 0 Å². The minimum absolute atomic E-state index is 0.105. The molecular formula is C26H28F3N3O3. The minimum Gasteiger partial charge on any atom is -0.444 e. The molecule has 0 saturated heterocycles. The van der Waals surface area contributed by atoms with Gasteiger partial charge in [-0.3, -0.25) is 4.79 Å². The number of aromatic amines is 1. The maximum atomic E-state index is 14.4. The highest BCUT2D eigenvalue weighted by atomic mass is 19.1. The zero-order valence-corrected chi connectivity index (χ0v) is 19.9. The molecule has 1 aromatic heterocycles. The van der Waals surface area contributed by atoms with Crippen molar-refractivity contribution in [3.63, 3.8) is 0 Å². The maximum absolute atomic E-state index is 14.4. The molecule has 35 heavy (non-hydrogen) atoms. The Labute approximate surface area is 201 Å². The minimum atomic E-state index is -0.734. The molecular weight excluding hydrogens is 459 g/mol. The van der Waals surface area contributed by atoms with E-state index in [0.717, 1.165) is 6.07 Å². The van der Waals surface area contributed by atoms with E-state index in [2.05, 4.69) is 15.6 Å². The Morgan fingerprint density at radius 1 is 1.06 bits per heavy atom. The summed E-state index contributed by atoms with van der Waals surface area (Å²) >= 11 is 0. The van der Waals surface area contributed by atoms with Crippen molar-refractivity contribution in [2.75, 3.05) is 6.54 Å². The number of benzene rings is 2. The van der Waals surface area contributed by atoms with Gasteiger partial charge < -0.3 is 20.4 Å². The largest absolute Gasteiger partial charge is 0.444 e. The van der Waals surface area contributed by atoms with E-state index in [1.807, 2.05) is 0 Å². The summed E-state index contributed by atoms with van der Waals surface area (Å²) in [5.41, 5.74) is 0.650. The van der Waals surface area contributed by atoms with Crippen LogP contribution < -0.4 is 10.6 Å². The maximum Gasteiger partial charge on any atom is 0.408 e. The van der Waals surface area contributed by atoms with Crippen molar-refractivity contribution in [2.45, 2.75) is 57.6 Å². The third kappa shape index (κ3) is 5.96. The quantitative estimate of drug-likeness (QED) is 0.420. The van der Waals surface area contributed by atoms with Crippen molar-refractivity contribution in [2.24, 2.45) is 0 Å². The lowest BCUT2D eigenvalue weighted by atomic mass is 10.0. The van der Waals surface area contributed by atoms with Crippen LogP contribution in [-0.2, 0) is 16.0 Å². The Hall–Kier alpha value is -3.49. The van der Waals surface area contributed by atoms with Gasteiger partial charge in [0.1, 0.15) is 23.1 Å². The first kappa shape index (κ1) is 24.6. The summed E-state index contributed by atoms with van der Waals surface area (Å²) in [7, 11) is 0. The molecule has 1 aliphatic carbocycles. The molecule has 2 amide bonds. The molecule has 6 nitrogen and oxygen atoms in total. The third-order valence-electron chi connectivity index (χ3n) is 5.88. The van der Waals surface area contributed by atoms with Crippen molar-refractivity contribution < 1.29 is 27.5 Å². The summed E-state index contributed by atoms with van der Waals surface area (Å²) in [6.07, 6.45) is 1.18. The molecule has 0 bridgehead atoms. The monoisotopic (exact) mass is 487 g/mol. The predicted molar refractivity (Wildman–Crippen MR) is 126 cm³/mol. The molecule has 1 heterocycles. The second-order valence-electron chi connectivity index (χ2n) is 9.98. The van der Waals surface area contributed by atoms with Gasteiger partial charge in [-0.2, -0.15) is 0 Å². The van der Waals surface area contributed by atoms with Crippen LogP contribution in [0.3, 0.4) is 0 Å². The molecule has 2 aromatic carbocycles. The van der Waals surface area contributed by atoms with E-state index in [1.54, 1.807) is 32.9 Å². The van der Waals surface area contributed by atoms with Gasteiger partial charge >= 0.3 is 6.09 Å². The molecule has 0 atom stereocenters. The Bertz CT molecular complexity index is 1260. The third-order valence-corrected chi connectivity index (χ3v) is 5.88. The zero-order chi connectivity index (χ0) is 25.4. The number of H-pyrrole nitrogens is 1. The lowest BCUT2D eigenvalue weighted by Crippen LogP contribution is -2.43. The number of carbonyl (C=O) groups excluding carboxylic acids is 2. The Kier molecular flexibility index (Phi) is 6.53. The summed E-state index contributed by atoms with van der Waals surface area (Å²) in [4.78, 5) is 27.7. The number of alkyl carbamates (subject to hydrolysis) is 1. The number of fused-ring (bicyclic) bond motifs is 1. The molecule has 1 saturated carbocycles. The van der Waals surface area contributed by atoms with Gasteiger partial charge in [-0.05, 0) is 81.5 Å². The van der Waals surface area contributed by atoms with Crippen LogP contribution in [0, 0.1) is 17.5 Å². The van der Waals surface area contributed by atoms with E-state index in [9.17, 15) is 22.8 Å². The number of carbonyl (C=O) groups is 2. The summed E-state index contributed by atoms with van der Waals surface area (Å²) in [5.74, 6) is -2.11. The van der Waals surface area contributed by atoms with Gasteiger partial charge in [-0.1, -0.05) is 0 Å². The number of nitrogens with one attached hydrogen (secondary N) is 3. The molecule has 1 aliphatic rings. The van der Waals surface area contributed by atoms with Crippen LogP contribution in [0.2, 0.25) is 0 Å². The Morgan fingerprint density at radius 2 is 1.74 bits per heavy atom. The van der Waals surface area contributed by atoms with Crippen LogP contribution in [0.4, 0.5) is 18.0 Å². The van der Waals surface area contributed by atoms with Crippen LogP contribution in [0.25, 0.3) is 22.2 Å². The molecule has 0 spiro atoms. The highest BCUT2D eigenvalue weighted by Crippen LogP contribution is 2.39. The number of hydrogen-bond acceptors (Lipinski definition) is 3. The van der Waals surface area contributed by atoms with E-state index in [0.29, 0.717) is 35.0 Å². The lowest BCUT2D eigenvalue weighted by molar-refractivity contribution is -0.121. The first-order valence-electron chi connectivity index (χ1n) is 11.5. The van der Waals surface area contributed by atoms with Gasteiger partial charge in [-0.15, -0.1) is 0 Å². The topological polar surface area (TPSA) is 83.2 Å². The Balaban J connectivity index is 1.45. The van der Waals surface area contributed by atoms with Crippen molar-refractivity contribution in [1.29, 1.82) is 0 Å². The van der Waals surface area contributed by atoms with Crippen molar-refractivity contribution in [1.82, 2.24) is 15.6 Å². The molecule has 4 rings (SSSR count). The van der Waals surface area contributed by atoms with E-state index >= 15 is 0 Å². The number of ether oxygens (including phenoxy) is 1. The number of rotatable bonds is 7. The number of halogens is 3. The van der Waals surface area contributed by atoms with Gasteiger partial charge in [0.05, 0.1) is 11.1 Å². The smallest absolute Gasteiger partial charge is 0.408 e.